The minimum atomic E-state index is -0.653. The maximum absolute atomic E-state index is 12.4. The molecule has 1 aromatic carbocycles. The van der Waals surface area contributed by atoms with Crippen molar-refractivity contribution in [2.45, 2.75) is 32.2 Å². The van der Waals surface area contributed by atoms with Crippen LogP contribution in [0, 0.1) is 6.92 Å². The summed E-state index contributed by atoms with van der Waals surface area (Å²) in [5.74, 6) is 0.593. The standard InChI is InChI=1S/C20H25NO6S/c1-12-9-19(23)27-17-11-16(25-2)13(10-14(12)17)5-6-18(22)21-15(7-8-28-4)20(24)26-3/h9-11,15H,5-8H2,1-4H3,(H,21,22). The highest BCUT2D eigenvalue weighted by Crippen LogP contribution is 2.28. The van der Waals surface area contributed by atoms with E-state index in [0.29, 0.717) is 24.2 Å². The number of aryl methyl sites for hydroxylation is 2. The molecule has 1 amide bonds. The largest absolute Gasteiger partial charge is 0.496 e. The van der Waals surface area contributed by atoms with E-state index >= 15 is 0 Å². The van der Waals surface area contributed by atoms with Crippen molar-refractivity contribution in [1.29, 1.82) is 0 Å². The maximum atomic E-state index is 12.4. The van der Waals surface area contributed by atoms with Gasteiger partial charge in [0.05, 0.1) is 14.2 Å². The van der Waals surface area contributed by atoms with Crippen LogP contribution in [-0.2, 0) is 20.7 Å². The zero-order chi connectivity index (χ0) is 20.7. The first-order chi connectivity index (χ1) is 13.4. The Labute approximate surface area is 167 Å². The molecule has 1 atom stereocenters. The quantitative estimate of drug-likeness (QED) is 0.504. The average Bonchev–Trinajstić information content (AvgIpc) is 2.68. The zero-order valence-electron chi connectivity index (χ0n) is 16.5. The van der Waals surface area contributed by atoms with E-state index < -0.39 is 17.6 Å². The van der Waals surface area contributed by atoms with E-state index in [1.165, 1.54) is 20.3 Å². The van der Waals surface area contributed by atoms with Gasteiger partial charge in [0, 0.05) is 23.9 Å². The lowest BCUT2D eigenvalue weighted by molar-refractivity contribution is -0.145. The van der Waals surface area contributed by atoms with Crippen LogP contribution >= 0.6 is 11.8 Å². The molecule has 0 aliphatic rings. The molecule has 0 spiro atoms. The molecule has 0 saturated carbocycles. The summed E-state index contributed by atoms with van der Waals surface area (Å²) < 4.78 is 15.4. The monoisotopic (exact) mass is 407 g/mol. The molecule has 0 saturated heterocycles. The van der Waals surface area contributed by atoms with E-state index in [9.17, 15) is 14.4 Å². The highest BCUT2D eigenvalue weighted by Gasteiger charge is 2.21. The molecule has 7 nitrogen and oxygen atoms in total. The molecule has 0 bridgehead atoms. The van der Waals surface area contributed by atoms with E-state index in [4.69, 9.17) is 13.9 Å². The normalized spacial score (nSPS) is 11.9. The van der Waals surface area contributed by atoms with Crippen LogP contribution in [0.4, 0.5) is 0 Å². The lowest BCUT2D eigenvalue weighted by Crippen LogP contribution is -2.42. The number of hydrogen-bond donors (Lipinski definition) is 1. The fraction of sp³-hybridized carbons (Fsp3) is 0.450. The van der Waals surface area contributed by atoms with Gasteiger partial charge in [0.25, 0.3) is 0 Å². The zero-order valence-corrected chi connectivity index (χ0v) is 17.3. The van der Waals surface area contributed by atoms with Crippen LogP contribution in [0.5, 0.6) is 5.75 Å². The molecule has 1 unspecified atom stereocenters. The maximum Gasteiger partial charge on any atom is 0.336 e. The third kappa shape index (κ3) is 5.51. The number of carbonyl (C=O) groups excluding carboxylic acids is 2. The van der Waals surface area contributed by atoms with Gasteiger partial charge < -0.3 is 19.2 Å². The van der Waals surface area contributed by atoms with Crippen molar-refractivity contribution >= 4 is 34.6 Å². The number of rotatable bonds is 9. The Morgan fingerprint density at radius 2 is 2.00 bits per heavy atom. The molecule has 0 radical (unpaired) electrons. The first-order valence-electron chi connectivity index (χ1n) is 8.87. The third-order valence-electron chi connectivity index (χ3n) is 4.41. The first kappa shape index (κ1) is 21.8. The van der Waals surface area contributed by atoms with E-state index in [1.54, 1.807) is 17.8 Å². The predicted octanol–water partition coefficient (Wildman–Crippen LogP) is 2.45. The van der Waals surface area contributed by atoms with Crippen molar-refractivity contribution in [2.75, 3.05) is 26.2 Å². The summed E-state index contributed by atoms with van der Waals surface area (Å²) in [6, 6.07) is 4.30. The number of fused-ring (bicyclic) bond motifs is 1. The summed E-state index contributed by atoms with van der Waals surface area (Å²) in [5, 5.41) is 3.53. The van der Waals surface area contributed by atoms with Crippen LogP contribution in [-0.4, -0.2) is 44.1 Å². The Morgan fingerprint density at radius 1 is 1.25 bits per heavy atom. The number of methoxy groups -OCH3 is 2. The van der Waals surface area contributed by atoms with Crippen molar-refractivity contribution < 1.29 is 23.5 Å². The third-order valence-corrected chi connectivity index (χ3v) is 5.05. The van der Waals surface area contributed by atoms with E-state index in [2.05, 4.69) is 5.32 Å². The van der Waals surface area contributed by atoms with Gasteiger partial charge in [-0.1, -0.05) is 0 Å². The molecule has 2 rings (SSSR count). The highest BCUT2D eigenvalue weighted by atomic mass is 32.2. The number of benzene rings is 1. The van der Waals surface area contributed by atoms with Crippen LogP contribution in [0.25, 0.3) is 11.0 Å². The second-order valence-corrected chi connectivity index (χ2v) is 7.32. The van der Waals surface area contributed by atoms with Gasteiger partial charge in [-0.05, 0) is 49.0 Å². The molecule has 2 aromatic rings. The smallest absolute Gasteiger partial charge is 0.336 e. The minimum absolute atomic E-state index is 0.185. The summed E-state index contributed by atoms with van der Waals surface area (Å²) in [6.07, 6.45) is 3.05. The predicted molar refractivity (Wildman–Crippen MR) is 109 cm³/mol. The Balaban J connectivity index is 2.14. The minimum Gasteiger partial charge on any atom is -0.496 e. The molecule has 1 N–H and O–H groups in total. The van der Waals surface area contributed by atoms with Gasteiger partial charge in [-0.3, -0.25) is 4.79 Å². The molecule has 1 heterocycles. The number of esters is 1. The summed E-state index contributed by atoms with van der Waals surface area (Å²) >= 11 is 1.60. The van der Waals surface area contributed by atoms with E-state index in [-0.39, 0.29) is 12.3 Å². The number of thioether (sulfide) groups is 1. The molecule has 0 fully saturated rings. The SMILES string of the molecule is COC(=O)C(CCSC)NC(=O)CCc1cc2c(C)cc(=O)oc2cc1OC. The van der Waals surface area contributed by atoms with Crippen molar-refractivity contribution in [2.24, 2.45) is 0 Å². The van der Waals surface area contributed by atoms with Gasteiger partial charge in [0.15, 0.2) is 0 Å². The highest BCUT2D eigenvalue weighted by molar-refractivity contribution is 7.98. The summed E-state index contributed by atoms with van der Waals surface area (Å²) in [4.78, 5) is 35.8. The Morgan fingerprint density at radius 3 is 2.64 bits per heavy atom. The second-order valence-electron chi connectivity index (χ2n) is 6.33. The Kier molecular flexibility index (Phi) is 7.92. The van der Waals surface area contributed by atoms with Crippen LogP contribution in [0.1, 0.15) is 24.0 Å². The van der Waals surface area contributed by atoms with Crippen LogP contribution < -0.4 is 15.7 Å². The number of hydrogen-bond acceptors (Lipinski definition) is 7. The average molecular weight is 407 g/mol. The van der Waals surface area contributed by atoms with Crippen molar-refractivity contribution in [3.05, 3.63) is 39.7 Å². The molecular formula is C20H25NO6S. The molecular weight excluding hydrogens is 382 g/mol. The van der Waals surface area contributed by atoms with Crippen LogP contribution in [0.3, 0.4) is 0 Å². The van der Waals surface area contributed by atoms with E-state index in [0.717, 1.165) is 22.3 Å². The van der Waals surface area contributed by atoms with Gasteiger partial charge in [-0.25, -0.2) is 9.59 Å². The summed E-state index contributed by atoms with van der Waals surface area (Å²) in [6.45, 7) is 1.83. The number of ether oxygens (including phenoxy) is 2. The Hall–Kier alpha value is -2.48. The fourth-order valence-corrected chi connectivity index (χ4v) is 3.39. The number of amides is 1. The van der Waals surface area contributed by atoms with Crippen molar-refractivity contribution in [3.63, 3.8) is 0 Å². The van der Waals surface area contributed by atoms with E-state index in [1.807, 2.05) is 19.2 Å². The molecule has 1 aromatic heterocycles. The lowest BCUT2D eigenvalue weighted by atomic mass is 10.0. The number of nitrogens with one attached hydrogen (secondary N) is 1. The van der Waals surface area contributed by atoms with Gasteiger partial charge in [0.2, 0.25) is 5.91 Å². The van der Waals surface area contributed by atoms with Gasteiger partial charge in [-0.2, -0.15) is 11.8 Å². The second kappa shape index (κ2) is 10.2. The van der Waals surface area contributed by atoms with Crippen LogP contribution in [0.15, 0.2) is 27.4 Å². The van der Waals surface area contributed by atoms with Gasteiger partial charge in [0.1, 0.15) is 17.4 Å². The fourth-order valence-electron chi connectivity index (χ4n) is 2.92. The van der Waals surface area contributed by atoms with Crippen molar-refractivity contribution in [1.82, 2.24) is 5.32 Å². The van der Waals surface area contributed by atoms with Crippen LogP contribution in [0.2, 0.25) is 0 Å². The molecule has 152 valence electrons. The Bertz CT molecular complexity index is 907. The summed E-state index contributed by atoms with van der Waals surface area (Å²) in [5.41, 5.74) is 1.64. The molecule has 0 aliphatic carbocycles. The number of carbonyl (C=O) groups is 2. The summed E-state index contributed by atoms with van der Waals surface area (Å²) in [7, 11) is 2.83. The first-order valence-corrected chi connectivity index (χ1v) is 10.3. The van der Waals surface area contributed by atoms with Gasteiger partial charge in [-0.15, -0.1) is 0 Å². The topological polar surface area (TPSA) is 94.8 Å². The lowest BCUT2D eigenvalue weighted by Gasteiger charge is -2.16. The molecule has 28 heavy (non-hydrogen) atoms. The molecule has 8 heteroatoms. The molecule has 0 aliphatic heterocycles. The van der Waals surface area contributed by atoms with Gasteiger partial charge >= 0.3 is 11.6 Å². The van der Waals surface area contributed by atoms with Crippen molar-refractivity contribution in [3.8, 4) is 5.75 Å².